The zero-order valence-corrected chi connectivity index (χ0v) is 18.3. The van der Waals surface area contributed by atoms with Gasteiger partial charge in [-0.15, -0.1) is 23.7 Å². The first-order chi connectivity index (χ1) is 12.9. The van der Waals surface area contributed by atoms with E-state index in [1.807, 2.05) is 66.0 Å². The Kier molecular flexibility index (Phi) is 8.35. The Hall–Kier alpha value is -1.56. The molecule has 146 valence electrons. The number of nitrogens with zero attached hydrogens (tertiary/aromatic N) is 1. The van der Waals surface area contributed by atoms with Crippen molar-refractivity contribution in [3.8, 4) is 11.3 Å². The summed E-state index contributed by atoms with van der Waals surface area (Å²) in [5.41, 5.74) is 2.63. The molecule has 1 amide bonds. The number of alkyl halides is 3. The topological polar surface area (TPSA) is 42.0 Å². The van der Waals surface area contributed by atoms with E-state index in [0.717, 1.165) is 16.8 Å². The van der Waals surface area contributed by atoms with Gasteiger partial charge in [0.05, 0.1) is 5.69 Å². The van der Waals surface area contributed by atoms with E-state index >= 15 is 0 Å². The number of aromatic nitrogens is 1. The van der Waals surface area contributed by atoms with Crippen LogP contribution >= 0.6 is 58.5 Å². The summed E-state index contributed by atoms with van der Waals surface area (Å²) < 4.78 is -1.73. The van der Waals surface area contributed by atoms with Crippen LogP contribution in [0.15, 0.2) is 72.1 Å². The monoisotopic (exact) mass is 472 g/mol. The quantitative estimate of drug-likeness (QED) is 0.340. The van der Waals surface area contributed by atoms with Crippen molar-refractivity contribution in [3.05, 3.63) is 82.7 Å². The number of carbonyl (C=O) groups is 1. The summed E-state index contributed by atoms with van der Waals surface area (Å²) in [7, 11) is 0. The van der Waals surface area contributed by atoms with Crippen molar-refractivity contribution in [1.29, 1.82) is 0 Å². The van der Waals surface area contributed by atoms with E-state index in [1.54, 1.807) is 6.08 Å². The predicted octanol–water partition coefficient (Wildman–Crippen LogP) is 6.47. The molecule has 0 saturated carbocycles. The van der Waals surface area contributed by atoms with Gasteiger partial charge in [-0.1, -0.05) is 95.5 Å². The fraction of sp³-hybridized carbons (Fsp3) is 0.100. The lowest BCUT2D eigenvalue weighted by atomic mass is 10.2. The first-order valence-corrected chi connectivity index (χ1v) is 10.1. The van der Waals surface area contributed by atoms with Gasteiger partial charge < -0.3 is 5.32 Å². The molecule has 1 aromatic heterocycles. The first-order valence-electron chi connectivity index (χ1n) is 8.04. The van der Waals surface area contributed by atoms with Crippen LogP contribution in [0.25, 0.3) is 17.3 Å². The summed E-state index contributed by atoms with van der Waals surface area (Å²) in [5.74, 6) is -0.369. The molecule has 0 radical (unpaired) electrons. The zero-order valence-electron chi connectivity index (χ0n) is 14.4. The molecule has 0 aliphatic rings. The molecule has 28 heavy (non-hydrogen) atoms. The molecule has 0 aliphatic heterocycles. The van der Waals surface area contributed by atoms with Crippen LogP contribution in [0.2, 0.25) is 0 Å². The van der Waals surface area contributed by atoms with Gasteiger partial charge in [0.25, 0.3) is 0 Å². The van der Waals surface area contributed by atoms with Crippen LogP contribution in [0, 0.1) is 0 Å². The minimum atomic E-state index is -1.73. The second-order valence-corrected chi connectivity index (χ2v) is 8.92. The molecule has 2 aromatic carbocycles. The maximum atomic E-state index is 12.3. The smallest absolute Gasteiger partial charge is 0.244 e. The van der Waals surface area contributed by atoms with Gasteiger partial charge in [-0.3, -0.25) is 4.79 Å². The molecule has 1 atom stereocenters. The van der Waals surface area contributed by atoms with Gasteiger partial charge in [0.15, 0.2) is 0 Å². The molecule has 0 spiro atoms. The van der Waals surface area contributed by atoms with E-state index in [0.29, 0.717) is 5.01 Å². The maximum Gasteiger partial charge on any atom is 0.244 e. The fourth-order valence-corrected chi connectivity index (χ4v) is 3.98. The third-order valence-electron chi connectivity index (χ3n) is 3.68. The second-order valence-electron chi connectivity index (χ2n) is 5.66. The average Bonchev–Trinajstić information content (AvgIpc) is 3.15. The van der Waals surface area contributed by atoms with Crippen molar-refractivity contribution in [2.45, 2.75) is 9.83 Å². The van der Waals surface area contributed by atoms with E-state index < -0.39 is 9.83 Å². The molecular formula is C20H16Cl4N2OS. The largest absolute Gasteiger partial charge is 0.339 e. The molecule has 0 bridgehead atoms. The van der Waals surface area contributed by atoms with Crippen LogP contribution in [0.1, 0.15) is 16.6 Å². The van der Waals surface area contributed by atoms with E-state index in [9.17, 15) is 4.79 Å². The molecule has 1 N–H and O–H groups in total. The maximum absolute atomic E-state index is 12.3. The highest BCUT2D eigenvalue weighted by Gasteiger charge is 2.37. The number of rotatable bonds is 5. The molecule has 3 rings (SSSR count). The first kappa shape index (κ1) is 22.7. The summed E-state index contributed by atoms with van der Waals surface area (Å²) in [6.07, 6.45) is 3.10. The number of nitrogens with one attached hydrogen (secondary N) is 1. The number of thiazole rings is 1. The van der Waals surface area contributed by atoms with Gasteiger partial charge in [0.1, 0.15) is 11.0 Å². The SMILES string of the molecule is Cl.O=C(/C=C/c1ccccc1)NC(c1nc(-c2ccccc2)cs1)C(Cl)(Cl)Cl. The van der Waals surface area contributed by atoms with Crippen molar-refractivity contribution < 1.29 is 4.79 Å². The molecule has 0 fully saturated rings. The van der Waals surface area contributed by atoms with E-state index in [-0.39, 0.29) is 18.3 Å². The lowest BCUT2D eigenvalue weighted by Crippen LogP contribution is -2.35. The number of halogens is 4. The average molecular weight is 474 g/mol. The van der Waals surface area contributed by atoms with E-state index in [2.05, 4.69) is 10.3 Å². The molecule has 0 aliphatic carbocycles. The highest BCUT2D eigenvalue weighted by molar-refractivity contribution is 7.10. The standard InChI is InChI=1S/C20H15Cl3N2OS.ClH/c21-20(22,23)18(25-17(26)12-11-14-7-3-1-4-8-14)19-24-16(13-27-19)15-9-5-2-6-10-15;/h1-13,18H,(H,25,26);1H/b12-11+;. The van der Waals surface area contributed by atoms with Gasteiger partial charge in [-0.2, -0.15) is 0 Å². The molecule has 3 aromatic rings. The van der Waals surface area contributed by atoms with Crippen LogP contribution in [-0.2, 0) is 4.79 Å². The number of amides is 1. The highest BCUT2D eigenvalue weighted by atomic mass is 35.6. The van der Waals surface area contributed by atoms with Gasteiger partial charge >= 0.3 is 0 Å². The van der Waals surface area contributed by atoms with Crippen molar-refractivity contribution in [2.24, 2.45) is 0 Å². The number of hydrogen-bond donors (Lipinski definition) is 1. The van der Waals surface area contributed by atoms with Crippen LogP contribution in [0.4, 0.5) is 0 Å². The Bertz CT molecular complexity index is 924. The van der Waals surface area contributed by atoms with Crippen LogP contribution < -0.4 is 5.32 Å². The third kappa shape index (κ3) is 6.23. The second kappa shape index (κ2) is 10.3. The van der Waals surface area contributed by atoms with Crippen molar-refractivity contribution >= 4 is 70.5 Å². The lowest BCUT2D eigenvalue weighted by molar-refractivity contribution is -0.117. The van der Waals surface area contributed by atoms with Gasteiger partial charge in [-0.05, 0) is 11.6 Å². The Morgan fingerprint density at radius 3 is 2.25 bits per heavy atom. The summed E-state index contributed by atoms with van der Waals surface area (Å²) in [6.45, 7) is 0. The summed E-state index contributed by atoms with van der Waals surface area (Å²) in [6, 6.07) is 18.3. The van der Waals surface area contributed by atoms with Crippen molar-refractivity contribution in [2.75, 3.05) is 0 Å². The van der Waals surface area contributed by atoms with Crippen molar-refractivity contribution in [1.82, 2.24) is 10.3 Å². The Balaban J connectivity index is 0.00000280. The van der Waals surface area contributed by atoms with Gasteiger partial charge in [0, 0.05) is 17.0 Å². The molecule has 1 unspecified atom stereocenters. The lowest BCUT2D eigenvalue weighted by Gasteiger charge is -2.23. The molecule has 0 saturated heterocycles. The molecule has 1 heterocycles. The van der Waals surface area contributed by atoms with E-state index in [1.165, 1.54) is 17.4 Å². The highest BCUT2D eigenvalue weighted by Crippen LogP contribution is 2.41. The van der Waals surface area contributed by atoms with Crippen LogP contribution in [0.5, 0.6) is 0 Å². The molecular weight excluding hydrogens is 458 g/mol. The third-order valence-corrected chi connectivity index (χ3v) is 5.24. The predicted molar refractivity (Wildman–Crippen MR) is 121 cm³/mol. The summed E-state index contributed by atoms with van der Waals surface area (Å²) in [5, 5.41) is 5.13. The summed E-state index contributed by atoms with van der Waals surface area (Å²) in [4.78, 5) is 16.9. The zero-order chi connectivity index (χ0) is 19.3. The minimum absolute atomic E-state index is 0. The van der Waals surface area contributed by atoms with Crippen molar-refractivity contribution in [3.63, 3.8) is 0 Å². The number of hydrogen-bond acceptors (Lipinski definition) is 3. The minimum Gasteiger partial charge on any atom is -0.339 e. The Morgan fingerprint density at radius 1 is 1.04 bits per heavy atom. The van der Waals surface area contributed by atoms with Gasteiger partial charge in [0.2, 0.25) is 9.70 Å². The summed E-state index contributed by atoms with van der Waals surface area (Å²) >= 11 is 19.7. The number of carbonyl (C=O) groups excluding carboxylic acids is 1. The Labute approximate surface area is 188 Å². The van der Waals surface area contributed by atoms with Gasteiger partial charge in [-0.25, -0.2) is 4.98 Å². The number of benzene rings is 2. The fourth-order valence-electron chi connectivity index (χ4n) is 2.37. The normalized spacial score (nSPS) is 12.4. The van der Waals surface area contributed by atoms with Crippen LogP contribution in [-0.4, -0.2) is 14.7 Å². The Morgan fingerprint density at radius 2 is 1.64 bits per heavy atom. The molecule has 3 nitrogen and oxygen atoms in total. The molecule has 8 heteroatoms. The van der Waals surface area contributed by atoms with Crippen LogP contribution in [0.3, 0.4) is 0 Å². The van der Waals surface area contributed by atoms with E-state index in [4.69, 9.17) is 34.8 Å².